The molecule has 0 bridgehead atoms. The number of hydrogen-bond donors (Lipinski definition) is 1. The molecule has 1 N–H and O–H groups in total. The summed E-state index contributed by atoms with van der Waals surface area (Å²) in [4.78, 5) is 14.6. The van der Waals surface area contributed by atoms with Crippen molar-refractivity contribution in [3.63, 3.8) is 0 Å². The minimum Gasteiger partial charge on any atom is -0.493 e. The van der Waals surface area contributed by atoms with E-state index in [-0.39, 0.29) is 28.8 Å². The lowest BCUT2D eigenvalue weighted by Crippen LogP contribution is -2.42. The summed E-state index contributed by atoms with van der Waals surface area (Å²) >= 11 is 0. The zero-order valence-corrected chi connectivity index (χ0v) is 21.1. The third-order valence-electron chi connectivity index (χ3n) is 7.10. The van der Waals surface area contributed by atoms with Crippen LogP contribution in [0.4, 0.5) is 8.78 Å². The number of likely N-dealkylation sites (tertiary alicyclic amines) is 1. The van der Waals surface area contributed by atoms with Crippen LogP contribution in [-0.2, 0) is 10.0 Å². The zero-order valence-electron chi connectivity index (χ0n) is 20.3. The van der Waals surface area contributed by atoms with Crippen molar-refractivity contribution in [2.75, 3.05) is 26.0 Å². The first kappa shape index (κ1) is 25.6. The number of nitrogens with zero attached hydrogens (tertiary/aromatic N) is 1. The van der Waals surface area contributed by atoms with Gasteiger partial charge in [0.05, 0.1) is 18.4 Å². The van der Waals surface area contributed by atoms with E-state index < -0.39 is 21.7 Å². The quantitative estimate of drug-likeness (QED) is 0.558. The summed E-state index contributed by atoms with van der Waals surface area (Å²) in [6.45, 7) is 6.32. The predicted molar refractivity (Wildman–Crippen MR) is 130 cm³/mol. The minimum absolute atomic E-state index is 0.109. The van der Waals surface area contributed by atoms with Crippen molar-refractivity contribution in [1.29, 1.82) is 0 Å². The summed E-state index contributed by atoms with van der Waals surface area (Å²) in [6.07, 6.45) is 4.44. The molecule has 9 heteroatoms. The number of ether oxygens (including phenoxy) is 1. The molecule has 1 aliphatic carbocycles. The number of hydrogen-bond acceptors (Lipinski definition) is 5. The van der Waals surface area contributed by atoms with Crippen LogP contribution in [0.1, 0.15) is 73.0 Å². The van der Waals surface area contributed by atoms with Crippen molar-refractivity contribution < 1.29 is 26.7 Å². The molecule has 1 amide bonds. The monoisotopic (exact) mass is 506 g/mol. The molecule has 1 heterocycles. The van der Waals surface area contributed by atoms with Gasteiger partial charge in [-0.15, -0.1) is 0 Å². The topological polar surface area (TPSA) is 75.7 Å². The average molecular weight is 507 g/mol. The van der Waals surface area contributed by atoms with Crippen molar-refractivity contribution in [3.05, 3.63) is 64.7 Å². The molecule has 1 aliphatic heterocycles. The molecule has 1 unspecified atom stereocenters. The second kappa shape index (κ2) is 9.85. The molecular formula is C26H32F2N2O4S. The van der Waals surface area contributed by atoms with Crippen molar-refractivity contribution in [2.45, 2.75) is 51.5 Å². The number of sulfonamides is 1. The standard InChI is InChI=1S/C26H32F2N2O4S/c1-17(19-5-4-6-20(27)13-19)30-11-9-26(2,10-12-30)16-34-24-15-23(28)22(14-21(24)18-7-8-18)25(31)29-35(3,32)33/h4-6,13-15,17-18H,7-12,16H2,1-3H3,(H,29,31). The van der Waals surface area contributed by atoms with Gasteiger partial charge in [0.1, 0.15) is 17.4 Å². The van der Waals surface area contributed by atoms with Gasteiger partial charge in [0.15, 0.2) is 0 Å². The Morgan fingerprint density at radius 2 is 1.89 bits per heavy atom. The number of halogens is 2. The number of nitrogens with one attached hydrogen (secondary N) is 1. The van der Waals surface area contributed by atoms with Crippen molar-refractivity contribution in [3.8, 4) is 5.75 Å². The normalized spacial score (nSPS) is 19.2. The number of benzene rings is 2. The molecule has 190 valence electrons. The minimum atomic E-state index is -3.80. The molecule has 35 heavy (non-hydrogen) atoms. The van der Waals surface area contributed by atoms with Crippen molar-refractivity contribution in [2.24, 2.45) is 5.41 Å². The van der Waals surface area contributed by atoms with E-state index >= 15 is 0 Å². The summed E-state index contributed by atoms with van der Waals surface area (Å²) in [5.74, 6) is -1.43. The molecule has 1 saturated carbocycles. The molecule has 0 spiro atoms. The molecule has 2 aromatic carbocycles. The van der Waals surface area contributed by atoms with Gasteiger partial charge in [0.25, 0.3) is 5.91 Å². The Morgan fingerprint density at radius 3 is 2.49 bits per heavy atom. The first-order chi connectivity index (χ1) is 16.4. The first-order valence-electron chi connectivity index (χ1n) is 11.9. The van der Waals surface area contributed by atoms with Gasteiger partial charge in [-0.3, -0.25) is 9.69 Å². The summed E-state index contributed by atoms with van der Waals surface area (Å²) < 4.78 is 59.2. The van der Waals surface area contributed by atoms with E-state index in [4.69, 9.17) is 4.74 Å². The van der Waals surface area contributed by atoms with Crippen LogP contribution >= 0.6 is 0 Å². The van der Waals surface area contributed by atoms with Gasteiger partial charge < -0.3 is 4.74 Å². The van der Waals surface area contributed by atoms with E-state index in [0.717, 1.165) is 56.2 Å². The smallest absolute Gasteiger partial charge is 0.267 e. The Kier molecular flexibility index (Phi) is 7.20. The van der Waals surface area contributed by atoms with Gasteiger partial charge in [-0.25, -0.2) is 21.9 Å². The van der Waals surface area contributed by atoms with E-state index in [2.05, 4.69) is 18.7 Å². The summed E-state index contributed by atoms with van der Waals surface area (Å²) in [5, 5.41) is 0. The maximum absolute atomic E-state index is 14.8. The van der Waals surface area contributed by atoms with Crippen molar-refractivity contribution >= 4 is 15.9 Å². The Labute approximate surface area is 205 Å². The molecule has 6 nitrogen and oxygen atoms in total. The number of carbonyl (C=O) groups excluding carboxylic acids is 1. The third-order valence-corrected chi connectivity index (χ3v) is 7.66. The van der Waals surface area contributed by atoms with Crippen LogP contribution in [0, 0.1) is 17.0 Å². The second-order valence-corrected chi connectivity index (χ2v) is 12.0. The highest BCUT2D eigenvalue weighted by Crippen LogP contribution is 2.46. The fourth-order valence-corrected chi connectivity index (χ4v) is 5.08. The Morgan fingerprint density at radius 1 is 1.20 bits per heavy atom. The van der Waals surface area contributed by atoms with E-state index in [9.17, 15) is 22.0 Å². The van der Waals surface area contributed by atoms with Crippen molar-refractivity contribution in [1.82, 2.24) is 9.62 Å². The number of rotatable bonds is 8. The van der Waals surface area contributed by atoms with Crippen LogP contribution < -0.4 is 9.46 Å². The molecule has 4 rings (SSSR count). The Balaban J connectivity index is 1.42. The predicted octanol–water partition coefficient (Wildman–Crippen LogP) is 4.77. The highest BCUT2D eigenvalue weighted by Gasteiger charge is 2.35. The summed E-state index contributed by atoms with van der Waals surface area (Å²) in [6, 6.07) is 9.44. The molecule has 0 radical (unpaired) electrons. The van der Waals surface area contributed by atoms with Crippen LogP contribution in [0.25, 0.3) is 0 Å². The SMILES string of the molecule is CC(c1cccc(F)c1)N1CCC(C)(COc2cc(F)c(C(=O)NS(C)(=O)=O)cc2C2CC2)CC1. The van der Waals surface area contributed by atoms with Gasteiger partial charge >= 0.3 is 0 Å². The largest absolute Gasteiger partial charge is 0.493 e. The molecule has 2 fully saturated rings. The second-order valence-electron chi connectivity index (χ2n) is 10.2. The lowest BCUT2D eigenvalue weighted by molar-refractivity contribution is 0.0509. The third kappa shape index (κ3) is 6.38. The van der Waals surface area contributed by atoms with E-state index in [0.29, 0.717) is 12.4 Å². The molecule has 2 aliphatic rings. The average Bonchev–Trinajstić information content (AvgIpc) is 3.62. The maximum atomic E-state index is 14.8. The van der Waals surface area contributed by atoms with Crippen LogP contribution in [0.15, 0.2) is 36.4 Å². The van der Waals surface area contributed by atoms with E-state index in [1.807, 2.05) is 10.8 Å². The van der Waals surface area contributed by atoms with Crippen LogP contribution in [0.5, 0.6) is 5.75 Å². The number of piperidine rings is 1. The van der Waals surface area contributed by atoms with Gasteiger partial charge in [-0.1, -0.05) is 19.1 Å². The lowest BCUT2D eigenvalue weighted by atomic mass is 9.80. The number of carbonyl (C=O) groups is 1. The van der Waals surface area contributed by atoms with Gasteiger partial charge in [0, 0.05) is 17.5 Å². The zero-order chi connectivity index (χ0) is 25.4. The van der Waals surface area contributed by atoms with Gasteiger partial charge in [0.2, 0.25) is 10.0 Å². The molecular weight excluding hydrogens is 474 g/mol. The Hall–Kier alpha value is -2.52. The van der Waals surface area contributed by atoms with E-state index in [1.54, 1.807) is 12.1 Å². The fraction of sp³-hybridized carbons (Fsp3) is 0.500. The summed E-state index contributed by atoms with van der Waals surface area (Å²) in [5.41, 5.74) is 1.29. The van der Waals surface area contributed by atoms with Crippen LogP contribution in [0.3, 0.4) is 0 Å². The molecule has 0 aromatic heterocycles. The molecule has 2 aromatic rings. The number of amides is 1. The van der Waals surface area contributed by atoms with Crippen LogP contribution in [-0.4, -0.2) is 45.2 Å². The molecule has 1 saturated heterocycles. The van der Waals surface area contributed by atoms with Crippen LogP contribution in [0.2, 0.25) is 0 Å². The fourth-order valence-electron chi connectivity index (χ4n) is 4.63. The van der Waals surface area contributed by atoms with Gasteiger partial charge in [-0.05, 0) is 80.9 Å². The summed E-state index contributed by atoms with van der Waals surface area (Å²) in [7, 11) is -3.80. The van der Waals surface area contributed by atoms with E-state index in [1.165, 1.54) is 18.2 Å². The molecule has 1 atom stereocenters. The van der Waals surface area contributed by atoms with Gasteiger partial charge in [-0.2, -0.15) is 0 Å². The Bertz CT molecular complexity index is 1210. The highest BCUT2D eigenvalue weighted by molar-refractivity contribution is 7.89. The first-order valence-corrected chi connectivity index (χ1v) is 13.8. The maximum Gasteiger partial charge on any atom is 0.267 e. The highest BCUT2D eigenvalue weighted by atomic mass is 32.2. The lowest BCUT2D eigenvalue weighted by Gasteiger charge is -2.41.